The maximum Gasteiger partial charge on any atom is 0.250 e. The fourth-order valence-corrected chi connectivity index (χ4v) is 2.51. The maximum atomic E-state index is 11.8. The van der Waals surface area contributed by atoms with E-state index < -0.39 is 10.0 Å². The van der Waals surface area contributed by atoms with E-state index in [0.717, 1.165) is 5.56 Å². The van der Waals surface area contributed by atoms with Crippen molar-refractivity contribution in [2.24, 2.45) is 5.14 Å². The van der Waals surface area contributed by atoms with Crippen molar-refractivity contribution >= 4 is 21.6 Å². The Hall–Kier alpha value is -1.44. The fraction of sp³-hybridized carbons (Fsp3) is 0.500. The molecule has 1 aromatic carbocycles. The first-order valence-corrected chi connectivity index (χ1v) is 8.27. The monoisotopic (exact) mass is 314 g/mol. The number of ether oxygens (including phenoxy) is 1. The zero-order chi connectivity index (χ0) is 16.2. The molecule has 0 saturated heterocycles. The molecule has 0 spiro atoms. The summed E-state index contributed by atoms with van der Waals surface area (Å²) in [7, 11) is -3.76. The van der Waals surface area contributed by atoms with Crippen LogP contribution in [0.5, 0.6) is 0 Å². The summed E-state index contributed by atoms with van der Waals surface area (Å²) in [6.07, 6.45) is 0.539. The van der Waals surface area contributed by atoms with Gasteiger partial charge < -0.3 is 10.1 Å². The van der Waals surface area contributed by atoms with Gasteiger partial charge in [-0.3, -0.25) is 4.79 Å². The molecule has 1 amide bonds. The Balaban J connectivity index is 3.05. The van der Waals surface area contributed by atoms with Crippen LogP contribution in [-0.4, -0.2) is 27.0 Å². The first kappa shape index (κ1) is 17.6. The van der Waals surface area contributed by atoms with E-state index in [1.165, 1.54) is 12.1 Å². The number of anilines is 1. The summed E-state index contributed by atoms with van der Waals surface area (Å²) in [4.78, 5) is 11.9. The molecule has 0 heterocycles. The first-order chi connectivity index (χ1) is 9.65. The number of hydrogen-bond donors (Lipinski definition) is 2. The van der Waals surface area contributed by atoms with Crippen molar-refractivity contribution in [1.29, 1.82) is 0 Å². The molecular weight excluding hydrogens is 292 g/mol. The van der Waals surface area contributed by atoms with Crippen LogP contribution in [-0.2, 0) is 26.0 Å². The van der Waals surface area contributed by atoms with Gasteiger partial charge in [0, 0.05) is 5.69 Å². The van der Waals surface area contributed by atoms with E-state index in [1.54, 1.807) is 6.92 Å². The summed E-state index contributed by atoms with van der Waals surface area (Å²) in [6, 6.07) is 2.94. The quantitative estimate of drug-likeness (QED) is 0.832. The lowest BCUT2D eigenvalue weighted by atomic mass is 10.1. The minimum Gasteiger partial charge on any atom is -0.369 e. The van der Waals surface area contributed by atoms with Crippen molar-refractivity contribution in [3.05, 3.63) is 23.3 Å². The largest absolute Gasteiger partial charge is 0.369 e. The first-order valence-electron chi connectivity index (χ1n) is 6.73. The summed E-state index contributed by atoms with van der Waals surface area (Å²) in [5.41, 5.74) is 1.98. The highest BCUT2D eigenvalue weighted by molar-refractivity contribution is 7.89. The van der Waals surface area contributed by atoms with Gasteiger partial charge >= 0.3 is 0 Å². The van der Waals surface area contributed by atoms with Crippen LogP contribution in [0.2, 0.25) is 0 Å². The normalized spacial score (nSPS) is 11.7. The number of sulfonamides is 1. The van der Waals surface area contributed by atoms with E-state index in [9.17, 15) is 13.2 Å². The van der Waals surface area contributed by atoms with E-state index in [2.05, 4.69) is 5.32 Å². The molecule has 0 unspecified atom stereocenters. The third-order valence-electron chi connectivity index (χ3n) is 2.91. The van der Waals surface area contributed by atoms with E-state index in [4.69, 9.17) is 9.88 Å². The van der Waals surface area contributed by atoms with Gasteiger partial charge in [-0.25, -0.2) is 13.6 Å². The number of benzene rings is 1. The van der Waals surface area contributed by atoms with Crippen LogP contribution in [0.25, 0.3) is 0 Å². The third-order valence-corrected chi connectivity index (χ3v) is 3.81. The highest BCUT2D eigenvalue weighted by Crippen LogP contribution is 2.25. The van der Waals surface area contributed by atoms with Crippen LogP contribution < -0.4 is 10.5 Å². The van der Waals surface area contributed by atoms with Gasteiger partial charge in [-0.05, 0) is 50.5 Å². The van der Waals surface area contributed by atoms with Crippen molar-refractivity contribution in [2.45, 2.75) is 45.1 Å². The van der Waals surface area contributed by atoms with Gasteiger partial charge in [0.1, 0.15) is 6.61 Å². The van der Waals surface area contributed by atoms with Gasteiger partial charge in [-0.1, -0.05) is 6.92 Å². The second-order valence-electron chi connectivity index (χ2n) is 5.08. The van der Waals surface area contributed by atoms with E-state index in [0.29, 0.717) is 17.7 Å². The van der Waals surface area contributed by atoms with Crippen molar-refractivity contribution in [1.82, 2.24) is 0 Å². The molecule has 3 N–H and O–H groups in total. The number of hydrogen-bond acceptors (Lipinski definition) is 4. The molecule has 0 aliphatic carbocycles. The van der Waals surface area contributed by atoms with Crippen LogP contribution in [0.1, 0.15) is 31.9 Å². The molecule has 0 atom stereocenters. The van der Waals surface area contributed by atoms with Gasteiger partial charge in [-0.2, -0.15) is 0 Å². The molecule has 6 nitrogen and oxygen atoms in total. The third kappa shape index (κ3) is 5.11. The predicted molar refractivity (Wildman–Crippen MR) is 81.6 cm³/mol. The molecule has 1 aromatic rings. The van der Waals surface area contributed by atoms with E-state index in [-0.39, 0.29) is 23.5 Å². The number of primary sulfonamides is 1. The van der Waals surface area contributed by atoms with Crippen LogP contribution in [0.3, 0.4) is 0 Å². The minimum absolute atomic E-state index is 0.0350. The average Bonchev–Trinajstić information content (AvgIpc) is 2.37. The maximum absolute atomic E-state index is 11.8. The van der Waals surface area contributed by atoms with Gasteiger partial charge in [-0.15, -0.1) is 0 Å². The van der Waals surface area contributed by atoms with Crippen molar-refractivity contribution < 1.29 is 17.9 Å². The molecule has 0 aromatic heterocycles. The lowest BCUT2D eigenvalue weighted by molar-refractivity contribution is -0.121. The summed E-state index contributed by atoms with van der Waals surface area (Å²) >= 11 is 0. The molecule has 0 radical (unpaired) electrons. The number of carbonyl (C=O) groups excluding carboxylic acids is 1. The molecule has 0 aliphatic heterocycles. The Kier molecular flexibility index (Phi) is 5.88. The SMILES string of the molecule is CCc1cc(S(N)(=O)=O)cc(C)c1NC(=O)COC(C)C. The molecular formula is C14H22N2O4S. The second-order valence-corrected chi connectivity index (χ2v) is 6.64. The Labute approximate surface area is 125 Å². The van der Waals surface area contributed by atoms with Crippen molar-refractivity contribution in [3.63, 3.8) is 0 Å². The molecule has 118 valence electrons. The predicted octanol–water partition coefficient (Wildman–Crippen LogP) is 1.57. The fourth-order valence-electron chi connectivity index (χ4n) is 1.86. The number of carbonyl (C=O) groups is 1. The van der Waals surface area contributed by atoms with Crippen LogP contribution in [0.4, 0.5) is 5.69 Å². The number of rotatable bonds is 6. The molecule has 7 heteroatoms. The molecule has 21 heavy (non-hydrogen) atoms. The zero-order valence-corrected chi connectivity index (χ0v) is 13.6. The summed E-state index contributed by atoms with van der Waals surface area (Å²) < 4.78 is 28.1. The van der Waals surface area contributed by atoms with Gasteiger partial charge in [0.25, 0.3) is 0 Å². The standard InChI is InChI=1S/C14H22N2O4S/c1-5-11-7-12(21(15,18)19)6-10(4)14(11)16-13(17)8-20-9(2)3/h6-7,9H,5,8H2,1-4H3,(H,16,17)(H2,15,18,19). The topological polar surface area (TPSA) is 98.5 Å². The summed E-state index contributed by atoms with van der Waals surface area (Å²) in [6.45, 7) is 7.25. The van der Waals surface area contributed by atoms with Gasteiger partial charge in [0.2, 0.25) is 15.9 Å². The number of aryl methyl sites for hydroxylation is 2. The zero-order valence-electron chi connectivity index (χ0n) is 12.8. The number of nitrogens with two attached hydrogens (primary N) is 1. The lowest BCUT2D eigenvalue weighted by Gasteiger charge is -2.15. The Bertz CT molecular complexity index is 624. The molecule has 0 saturated carbocycles. The Morgan fingerprint density at radius 1 is 1.38 bits per heavy atom. The highest BCUT2D eigenvalue weighted by atomic mass is 32.2. The van der Waals surface area contributed by atoms with Crippen LogP contribution in [0, 0.1) is 6.92 Å². The van der Waals surface area contributed by atoms with Crippen molar-refractivity contribution in [3.8, 4) is 0 Å². The Morgan fingerprint density at radius 2 is 2.00 bits per heavy atom. The summed E-state index contributed by atoms with van der Waals surface area (Å²) in [5.74, 6) is -0.273. The number of nitrogens with one attached hydrogen (secondary N) is 1. The molecule has 0 aliphatic rings. The van der Waals surface area contributed by atoms with Crippen LogP contribution >= 0.6 is 0 Å². The lowest BCUT2D eigenvalue weighted by Crippen LogP contribution is -2.22. The van der Waals surface area contributed by atoms with Gasteiger partial charge in [0.15, 0.2) is 0 Å². The molecule has 0 bridgehead atoms. The van der Waals surface area contributed by atoms with Crippen molar-refractivity contribution in [2.75, 3.05) is 11.9 Å². The Morgan fingerprint density at radius 3 is 2.48 bits per heavy atom. The highest BCUT2D eigenvalue weighted by Gasteiger charge is 2.15. The van der Waals surface area contributed by atoms with E-state index >= 15 is 0 Å². The smallest absolute Gasteiger partial charge is 0.250 e. The van der Waals surface area contributed by atoms with Crippen LogP contribution in [0.15, 0.2) is 17.0 Å². The average molecular weight is 314 g/mol. The molecule has 1 rings (SSSR count). The minimum atomic E-state index is -3.76. The molecule has 0 fully saturated rings. The number of amides is 1. The van der Waals surface area contributed by atoms with E-state index in [1.807, 2.05) is 20.8 Å². The van der Waals surface area contributed by atoms with Gasteiger partial charge in [0.05, 0.1) is 11.0 Å². The summed E-state index contributed by atoms with van der Waals surface area (Å²) in [5, 5.41) is 7.91. The second kappa shape index (κ2) is 7.02.